The number of aliphatic hydroxyl groups excluding tert-OH is 1. The summed E-state index contributed by atoms with van der Waals surface area (Å²) in [7, 11) is -3.45. The molecule has 114 valence electrons. The SMILES string of the molecule is CCCn1cc(S(=O)(=O)N2CCSCC2C)cc1CO. The second-order valence-electron chi connectivity index (χ2n) is 5.06. The van der Waals surface area contributed by atoms with Gasteiger partial charge in [0.15, 0.2) is 0 Å². The molecule has 1 atom stereocenters. The summed E-state index contributed by atoms with van der Waals surface area (Å²) >= 11 is 1.79. The first-order valence-corrected chi connectivity index (χ1v) is 9.49. The monoisotopic (exact) mass is 318 g/mol. The molecule has 0 spiro atoms. The van der Waals surface area contributed by atoms with Gasteiger partial charge < -0.3 is 9.67 Å². The molecule has 0 bridgehead atoms. The highest BCUT2D eigenvalue weighted by Gasteiger charge is 2.32. The van der Waals surface area contributed by atoms with Crippen LogP contribution in [0, 0.1) is 0 Å². The number of hydrogen-bond donors (Lipinski definition) is 1. The molecule has 1 aliphatic heterocycles. The molecule has 5 nitrogen and oxygen atoms in total. The lowest BCUT2D eigenvalue weighted by atomic mass is 10.4. The van der Waals surface area contributed by atoms with Crippen LogP contribution in [-0.4, -0.2) is 46.5 Å². The van der Waals surface area contributed by atoms with Crippen molar-refractivity contribution in [2.75, 3.05) is 18.1 Å². The molecular formula is C13H22N2O3S2. The van der Waals surface area contributed by atoms with E-state index in [-0.39, 0.29) is 12.6 Å². The average molecular weight is 318 g/mol. The van der Waals surface area contributed by atoms with Gasteiger partial charge in [-0.1, -0.05) is 6.92 Å². The minimum atomic E-state index is -3.45. The molecular weight excluding hydrogens is 296 g/mol. The topological polar surface area (TPSA) is 62.5 Å². The molecule has 20 heavy (non-hydrogen) atoms. The molecule has 1 fully saturated rings. The summed E-state index contributed by atoms with van der Waals surface area (Å²) in [6.07, 6.45) is 2.55. The Morgan fingerprint density at radius 1 is 1.50 bits per heavy atom. The van der Waals surface area contributed by atoms with Crippen LogP contribution in [0.15, 0.2) is 17.2 Å². The van der Waals surface area contributed by atoms with Crippen molar-refractivity contribution in [3.63, 3.8) is 0 Å². The highest BCUT2D eigenvalue weighted by molar-refractivity contribution is 7.99. The minimum Gasteiger partial charge on any atom is -0.390 e. The Bertz CT molecular complexity index is 554. The third-order valence-corrected chi connectivity index (χ3v) is 6.67. The van der Waals surface area contributed by atoms with Gasteiger partial charge in [0.1, 0.15) is 4.90 Å². The number of thioether (sulfide) groups is 1. The lowest BCUT2D eigenvalue weighted by Gasteiger charge is -2.31. The van der Waals surface area contributed by atoms with Gasteiger partial charge in [0, 0.05) is 42.5 Å². The Balaban J connectivity index is 2.33. The smallest absolute Gasteiger partial charge is 0.244 e. The first-order valence-electron chi connectivity index (χ1n) is 6.90. The summed E-state index contributed by atoms with van der Waals surface area (Å²) in [6.45, 7) is 5.11. The molecule has 1 aliphatic rings. The van der Waals surface area contributed by atoms with Crippen LogP contribution in [0.2, 0.25) is 0 Å². The van der Waals surface area contributed by atoms with E-state index in [9.17, 15) is 13.5 Å². The van der Waals surface area contributed by atoms with Crippen molar-refractivity contribution in [3.8, 4) is 0 Å². The molecule has 2 rings (SSSR count). The van der Waals surface area contributed by atoms with Gasteiger partial charge in [-0.2, -0.15) is 16.1 Å². The van der Waals surface area contributed by atoms with Gasteiger partial charge in [-0.15, -0.1) is 0 Å². The number of aliphatic hydroxyl groups is 1. The van der Waals surface area contributed by atoms with Gasteiger partial charge >= 0.3 is 0 Å². The van der Waals surface area contributed by atoms with Crippen LogP contribution in [0.5, 0.6) is 0 Å². The maximum absolute atomic E-state index is 12.7. The fraction of sp³-hybridized carbons (Fsp3) is 0.692. The van der Waals surface area contributed by atoms with E-state index in [2.05, 4.69) is 0 Å². The van der Waals surface area contributed by atoms with E-state index in [0.717, 1.165) is 24.5 Å². The average Bonchev–Trinajstić information content (AvgIpc) is 2.83. The van der Waals surface area contributed by atoms with Crippen molar-refractivity contribution in [2.24, 2.45) is 0 Å². The van der Waals surface area contributed by atoms with Crippen molar-refractivity contribution in [2.45, 2.75) is 44.4 Å². The van der Waals surface area contributed by atoms with Crippen LogP contribution >= 0.6 is 11.8 Å². The molecule has 0 saturated carbocycles. The van der Waals surface area contributed by atoms with Crippen molar-refractivity contribution in [3.05, 3.63) is 18.0 Å². The second-order valence-corrected chi connectivity index (χ2v) is 8.10. The Labute approximate surface area is 125 Å². The Morgan fingerprint density at radius 3 is 2.85 bits per heavy atom. The highest BCUT2D eigenvalue weighted by atomic mass is 32.2. The van der Waals surface area contributed by atoms with Crippen molar-refractivity contribution < 1.29 is 13.5 Å². The molecule has 1 aromatic heterocycles. The van der Waals surface area contributed by atoms with Crippen LogP contribution in [0.1, 0.15) is 26.0 Å². The highest BCUT2D eigenvalue weighted by Crippen LogP contribution is 2.26. The normalized spacial score (nSPS) is 21.2. The first-order chi connectivity index (χ1) is 9.50. The fourth-order valence-corrected chi connectivity index (χ4v) is 5.37. The summed E-state index contributed by atoms with van der Waals surface area (Å²) < 4.78 is 28.8. The number of aromatic nitrogens is 1. The van der Waals surface area contributed by atoms with Crippen LogP contribution in [0.3, 0.4) is 0 Å². The van der Waals surface area contributed by atoms with E-state index < -0.39 is 10.0 Å². The van der Waals surface area contributed by atoms with Crippen molar-refractivity contribution in [1.82, 2.24) is 8.87 Å². The Hall–Kier alpha value is -0.500. The van der Waals surface area contributed by atoms with E-state index >= 15 is 0 Å². The Kier molecular flexibility index (Phi) is 5.17. The van der Waals surface area contributed by atoms with E-state index in [1.807, 2.05) is 18.4 Å². The molecule has 0 aliphatic carbocycles. The predicted octanol–water partition coefficient (Wildman–Crippen LogP) is 1.52. The van der Waals surface area contributed by atoms with E-state index in [0.29, 0.717) is 17.1 Å². The molecule has 1 aromatic rings. The number of sulfonamides is 1. The zero-order chi connectivity index (χ0) is 14.8. The zero-order valence-electron chi connectivity index (χ0n) is 11.9. The van der Waals surface area contributed by atoms with E-state index in [4.69, 9.17) is 0 Å². The minimum absolute atomic E-state index is 0.0193. The lowest BCUT2D eigenvalue weighted by molar-refractivity contribution is 0.270. The van der Waals surface area contributed by atoms with Gasteiger partial charge in [0.25, 0.3) is 0 Å². The summed E-state index contributed by atoms with van der Waals surface area (Å²) in [5.74, 6) is 1.67. The molecule has 0 aromatic carbocycles. The molecule has 0 amide bonds. The van der Waals surface area contributed by atoms with Crippen LogP contribution in [0.4, 0.5) is 0 Å². The molecule has 1 saturated heterocycles. The quantitative estimate of drug-likeness (QED) is 0.894. The first kappa shape index (κ1) is 15.9. The second kappa shape index (κ2) is 6.51. The Morgan fingerprint density at radius 2 is 2.25 bits per heavy atom. The fourth-order valence-electron chi connectivity index (χ4n) is 2.45. The molecule has 0 radical (unpaired) electrons. The number of aryl methyl sites for hydroxylation is 1. The molecule has 2 heterocycles. The van der Waals surface area contributed by atoms with Crippen molar-refractivity contribution >= 4 is 21.8 Å². The van der Waals surface area contributed by atoms with Crippen LogP contribution in [-0.2, 0) is 23.2 Å². The maximum Gasteiger partial charge on any atom is 0.244 e. The standard InChI is InChI=1S/C13H22N2O3S2/c1-3-4-14-8-13(7-12(14)9-16)20(17,18)15-5-6-19-10-11(15)2/h7-8,11,16H,3-6,9-10H2,1-2H3. The summed E-state index contributed by atoms with van der Waals surface area (Å²) in [5, 5.41) is 9.35. The number of hydrogen-bond acceptors (Lipinski definition) is 4. The van der Waals surface area contributed by atoms with Gasteiger partial charge in [-0.3, -0.25) is 0 Å². The van der Waals surface area contributed by atoms with Gasteiger partial charge in [-0.25, -0.2) is 8.42 Å². The summed E-state index contributed by atoms with van der Waals surface area (Å²) in [6, 6.07) is 1.62. The molecule has 7 heteroatoms. The maximum atomic E-state index is 12.7. The summed E-state index contributed by atoms with van der Waals surface area (Å²) in [5.41, 5.74) is 0.657. The van der Waals surface area contributed by atoms with E-state index in [1.165, 1.54) is 0 Å². The third kappa shape index (κ3) is 3.05. The van der Waals surface area contributed by atoms with Crippen LogP contribution in [0.25, 0.3) is 0 Å². The van der Waals surface area contributed by atoms with Crippen molar-refractivity contribution in [1.29, 1.82) is 0 Å². The zero-order valence-corrected chi connectivity index (χ0v) is 13.6. The summed E-state index contributed by atoms with van der Waals surface area (Å²) in [4.78, 5) is 0.300. The predicted molar refractivity (Wildman–Crippen MR) is 81.3 cm³/mol. The number of rotatable bonds is 5. The van der Waals surface area contributed by atoms with Gasteiger partial charge in [0.2, 0.25) is 10.0 Å². The molecule has 1 unspecified atom stereocenters. The van der Waals surface area contributed by atoms with Gasteiger partial charge in [-0.05, 0) is 19.4 Å². The largest absolute Gasteiger partial charge is 0.390 e. The number of nitrogens with zero attached hydrogens (tertiary/aromatic N) is 2. The van der Waals surface area contributed by atoms with Gasteiger partial charge in [0.05, 0.1) is 6.61 Å². The van der Waals surface area contributed by atoms with Crippen LogP contribution < -0.4 is 0 Å². The lowest BCUT2D eigenvalue weighted by Crippen LogP contribution is -2.44. The molecule has 1 N–H and O–H groups in total. The third-order valence-electron chi connectivity index (χ3n) is 3.50. The van der Waals surface area contributed by atoms with E-state index in [1.54, 1.807) is 28.3 Å².